The molecule has 1 aliphatic heterocycles. The molecule has 1 N–H and O–H groups in total. The second-order valence-corrected chi connectivity index (χ2v) is 5.78. The summed E-state index contributed by atoms with van der Waals surface area (Å²) in [6.07, 6.45) is 1.94. The SMILES string of the molecule is CCOC(=O)[C@@H](CC(=O)C1CCNC1=O)[C@H](C)C(=O)SC. The number of Topliss-reactive ketones (excluding diaryl/α,β-unsaturated/α-hetero) is 1. The van der Waals surface area contributed by atoms with Gasteiger partial charge in [0.2, 0.25) is 5.91 Å². The van der Waals surface area contributed by atoms with Crippen LogP contribution in [0, 0.1) is 17.8 Å². The molecule has 118 valence electrons. The molecule has 0 spiro atoms. The van der Waals surface area contributed by atoms with Crippen molar-refractivity contribution >= 4 is 34.5 Å². The van der Waals surface area contributed by atoms with Gasteiger partial charge in [0, 0.05) is 18.9 Å². The molecule has 1 unspecified atom stereocenters. The summed E-state index contributed by atoms with van der Waals surface area (Å²) in [4.78, 5) is 47.5. The van der Waals surface area contributed by atoms with Crippen LogP contribution in [0.5, 0.6) is 0 Å². The van der Waals surface area contributed by atoms with E-state index in [0.29, 0.717) is 13.0 Å². The van der Waals surface area contributed by atoms with Gasteiger partial charge in [-0.25, -0.2) is 0 Å². The minimum atomic E-state index is -0.828. The first-order valence-corrected chi connectivity index (χ1v) is 8.19. The molecule has 1 saturated heterocycles. The molecule has 3 atom stereocenters. The Balaban J connectivity index is 2.81. The van der Waals surface area contributed by atoms with Crippen molar-refractivity contribution in [3.05, 3.63) is 0 Å². The molecule has 1 amide bonds. The lowest BCUT2D eigenvalue weighted by Gasteiger charge is -2.21. The van der Waals surface area contributed by atoms with Crippen molar-refractivity contribution in [1.82, 2.24) is 5.32 Å². The van der Waals surface area contributed by atoms with Crippen molar-refractivity contribution in [3.8, 4) is 0 Å². The average molecular weight is 315 g/mol. The fraction of sp³-hybridized carbons (Fsp3) is 0.714. The molecule has 0 bridgehead atoms. The number of nitrogens with one attached hydrogen (secondary N) is 1. The van der Waals surface area contributed by atoms with E-state index < -0.39 is 23.7 Å². The van der Waals surface area contributed by atoms with E-state index >= 15 is 0 Å². The van der Waals surface area contributed by atoms with Gasteiger partial charge in [-0.1, -0.05) is 18.7 Å². The molecular formula is C14H21NO5S. The number of carbonyl (C=O) groups is 4. The lowest BCUT2D eigenvalue weighted by molar-refractivity contribution is -0.153. The molecule has 0 aromatic carbocycles. The maximum atomic E-state index is 12.2. The summed E-state index contributed by atoms with van der Waals surface area (Å²) >= 11 is 1.02. The van der Waals surface area contributed by atoms with Crippen LogP contribution >= 0.6 is 11.8 Å². The van der Waals surface area contributed by atoms with Gasteiger partial charge in [-0.2, -0.15) is 0 Å². The Kier molecular flexibility index (Phi) is 6.87. The first-order chi connectivity index (χ1) is 9.92. The van der Waals surface area contributed by atoms with Crippen LogP contribution in [0.1, 0.15) is 26.7 Å². The highest BCUT2D eigenvalue weighted by atomic mass is 32.2. The lowest BCUT2D eigenvalue weighted by atomic mass is 9.86. The molecule has 1 aliphatic rings. The van der Waals surface area contributed by atoms with Crippen molar-refractivity contribution < 1.29 is 23.9 Å². The number of hydrogen-bond donors (Lipinski definition) is 1. The van der Waals surface area contributed by atoms with E-state index in [1.807, 2.05) is 0 Å². The number of amides is 1. The molecule has 1 fully saturated rings. The molecule has 0 saturated carbocycles. The van der Waals surface area contributed by atoms with Crippen LogP contribution < -0.4 is 5.32 Å². The average Bonchev–Trinajstić information content (AvgIpc) is 2.89. The van der Waals surface area contributed by atoms with Gasteiger partial charge in [-0.05, 0) is 19.6 Å². The van der Waals surface area contributed by atoms with E-state index in [-0.39, 0.29) is 29.8 Å². The van der Waals surface area contributed by atoms with Crippen LogP contribution in [-0.4, -0.2) is 42.2 Å². The fourth-order valence-corrected chi connectivity index (χ4v) is 2.86. The van der Waals surface area contributed by atoms with E-state index in [9.17, 15) is 19.2 Å². The summed E-state index contributed by atoms with van der Waals surface area (Å²) in [5.74, 6) is -3.31. The quantitative estimate of drug-likeness (QED) is 0.552. The van der Waals surface area contributed by atoms with Crippen LogP contribution in [0.15, 0.2) is 0 Å². The summed E-state index contributed by atoms with van der Waals surface area (Å²) in [5, 5.41) is 2.42. The molecule has 1 rings (SSSR count). The fourth-order valence-electron chi connectivity index (χ4n) is 2.32. The normalized spacial score (nSPS) is 20.5. The molecule has 6 nitrogen and oxygen atoms in total. The predicted octanol–water partition coefficient (Wildman–Crippen LogP) is 0.787. The van der Waals surface area contributed by atoms with E-state index in [1.165, 1.54) is 0 Å². The van der Waals surface area contributed by atoms with Crippen molar-refractivity contribution in [1.29, 1.82) is 0 Å². The van der Waals surface area contributed by atoms with Gasteiger partial charge in [0.25, 0.3) is 0 Å². The number of carbonyl (C=O) groups excluding carboxylic acids is 4. The number of esters is 1. The van der Waals surface area contributed by atoms with Crippen LogP contribution in [0.2, 0.25) is 0 Å². The highest BCUT2D eigenvalue weighted by Crippen LogP contribution is 2.25. The predicted molar refractivity (Wildman–Crippen MR) is 78.5 cm³/mol. The van der Waals surface area contributed by atoms with Crippen molar-refractivity contribution in [2.45, 2.75) is 26.7 Å². The number of ketones is 1. The van der Waals surface area contributed by atoms with Crippen LogP contribution in [0.25, 0.3) is 0 Å². The third-order valence-corrected chi connectivity index (χ3v) is 4.40. The summed E-state index contributed by atoms with van der Waals surface area (Å²) in [7, 11) is 0. The van der Waals surface area contributed by atoms with E-state index in [4.69, 9.17) is 4.74 Å². The molecule has 0 aromatic heterocycles. The molecular weight excluding hydrogens is 294 g/mol. The zero-order valence-electron chi connectivity index (χ0n) is 12.5. The minimum Gasteiger partial charge on any atom is -0.466 e. The Hall–Kier alpha value is -1.37. The van der Waals surface area contributed by atoms with Gasteiger partial charge < -0.3 is 10.1 Å². The molecule has 0 aliphatic carbocycles. The maximum Gasteiger partial charge on any atom is 0.310 e. The van der Waals surface area contributed by atoms with E-state index in [2.05, 4.69) is 5.32 Å². The Bertz CT molecular complexity index is 437. The number of hydrogen-bond acceptors (Lipinski definition) is 6. The minimum absolute atomic E-state index is 0.135. The van der Waals surface area contributed by atoms with Crippen molar-refractivity contribution in [3.63, 3.8) is 0 Å². The van der Waals surface area contributed by atoms with Crippen molar-refractivity contribution in [2.75, 3.05) is 19.4 Å². The van der Waals surface area contributed by atoms with Gasteiger partial charge in [-0.3, -0.25) is 19.2 Å². The second-order valence-electron chi connectivity index (χ2n) is 4.97. The van der Waals surface area contributed by atoms with E-state index in [0.717, 1.165) is 11.8 Å². The standard InChI is InChI=1S/C14H21NO5S/c1-4-20-13(18)10(8(2)14(19)21-3)7-11(16)9-5-6-15-12(9)17/h8-10H,4-7H2,1-3H3,(H,15,17)/t8-,9?,10-/m0/s1. The van der Waals surface area contributed by atoms with E-state index in [1.54, 1.807) is 20.1 Å². The highest BCUT2D eigenvalue weighted by molar-refractivity contribution is 8.13. The summed E-state index contributed by atoms with van der Waals surface area (Å²) in [6.45, 7) is 3.94. The van der Waals surface area contributed by atoms with Gasteiger partial charge in [0.1, 0.15) is 5.78 Å². The summed E-state index contributed by atoms with van der Waals surface area (Å²) in [6, 6.07) is 0. The van der Waals surface area contributed by atoms with Crippen LogP contribution in [0.4, 0.5) is 0 Å². The first-order valence-electron chi connectivity index (χ1n) is 6.97. The zero-order valence-corrected chi connectivity index (χ0v) is 13.3. The topological polar surface area (TPSA) is 89.5 Å². The number of thioether (sulfide) groups is 1. The van der Waals surface area contributed by atoms with Crippen LogP contribution in [0.3, 0.4) is 0 Å². The Labute approximate surface area is 128 Å². The van der Waals surface area contributed by atoms with Gasteiger partial charge in [-0.15, -0.1) is 0 Å². The monoisotopic (exact) mass is 315 g/mol. The number of ether oxygens (including phenoxy) is 1. The molecule has 1 heterocycles. The molecule has 0 aromatic rings. The van der Waals surface area contributed by atoms with Gasteiger partial charge in [0.05, 0.1) is 18.4 Å². The Morgan fingerprint density at radius 3 is 2.57 bits per heavy atom. The summed E-state index contributed by atoms with van der Waals surface area (Å²) in [5.41, 5.74) is 0. The zero-order chi connectivity index (χ0) is 16.0. The van der Waals surface area contributed by atoms with Gasteiger partial charge >= 0.3 is 5.97 Å². The Morgan fingerprint density at radius 1 is 1.43 bits per heavy atom. The lowest BCUT2D eigenvalue weighted by Crippen LogP contribution is -2.34. The maximum absolute atomic E-state index is 12.2. The summed E-state index contributed by atoms with van der Waals surface area (Å²) < 4.78 is 4.96. The molecule has 0 radical (unpaired) electrons. The molecule has 7 heteroatoms. The second kappa shape index (κ2) is 8.17. The third-order valence-electron chi connectivity index (χ3n) is 3.62. The largest absolute Gasteiger partial charge is 0.466 e. The smallest absolute Gasteiger partial charge is 0.310 e. The molecule has 21 heavy (non-hydrogen) atoms. The highest BCUT2D eigenvalue weighted by Gasteiger charge is 2.37. The van der Waals surface area contributed by atoms with Gasteiger partial charge in [0.15, 0.2) is 5.12 Å². The van der Waals surface area contributed by atoms with Crippen molar-refractivity contribution in [2.24, 2.45) is 17.8 Å². The van der Waals surface area contributed by atoms with Crippen LogP contribution in [-0.2, 0) is 23.9 Å². The number of rotatable bonds is 7. The third kappa shape index (κ3) is 4.56. The first kappa shape index (κ1) is 17.7. The Morgan fingerprint density at radius 2 is 2.10 bits per heavy atom.